The average Bonchev–Trinajstić information content (AvgIpc) is 2.97. The highest BCUT2D eigenvalue weighted by atomic mass is 32.1. The van der Waals surface area contributed by atoms with Gasteiger partial charge in [0.05, 0.1) is 0 Å². The number of ether oxygens (including phenoxy) is 2. The number of phenols is 1. The summed E-state index contributed by atoms with van der Waals surface area (Å²) >= 11 is 4.35. The van der Waals surface area contributed by atoms with E-state index in [1.54, 1.807) is 53.7 Å². The molecule has 0 fully saturated rings. The van der Waals surface area contributed by atoms with E-state index >= 15 is 0 Å². The number of nitrogens with zero attached hydrogens (tertiary/aromatic N) is 1. The van der Waals surface area contributed by atoms with E-state index in [4.69, 9.17) is 9.47 Å². The maximum Gasteiger partial charge on any atom is 0.408 e. The fourth-order valence-electron chi connectivity index (χ4n) is 4.92. The Hall–Kier alpha value is -3.73. The molecule has 0 saturated carbocycles. The van der Waals surface area contributed by atoms with E-state index in [1.165, 1.54) is 17.0 Å². The second-order valence-corrected chi connectivity index (χ2v) is 14.0. The predicted molar refractivity (Wildman–Crippen MR) is 186 cm³/mol. The highest BCUT2D eigenvalue weighted by Crippen LogP contribution is 2.27. The first-order valence-electron chi connectivity index (χ1n) is 16.3. The largest absolute Gasteiger partial charge is 0.508 e. The molecule has 0 bridgehead atoms. The minimum atomic E-state index is -1.26. The van der Waals surface area contributed by atoms with Crippen LogP contribution in [0.5, 0.6) is 5.75 Å². The average molecular weight is 672 g/mol. The third kappa shape index (κ3) is 14.3. The summed E-state index contributed by atoms with van der Waals surface area (Å²) in [6.07, 6.45) is 3.77. The first kappa shape index (κ1) is 39.4. The van der Waals surface area contributed by atoms with Crippen LogP contribution in [0.4, 0.5) is 4.79 Å². The number of hydrogen-bond acceptors (Lipinski definition) is 8. The van der Waals surface area contributed by atoms with Crippen LogP contribution in [0.2, 0.25) is 0 Å². The lowest BCUT2D eigenvalue weighted by Crippen LogP contribution is -2.55. The highest BCUT2D eigenvalue weighted by molar-refractivity contribution is 7.80. The molecule has 2 aromatic carbocycles. The molecule has 0 heterocycles. The number of carbonyl (C=O) groups is 4. The first-order chi connectivity index (χ1) is 22.0. The van der Waals surface area contributed by atoms with Gasteiger partial charge < -0.3 is 30.1 Å². The van der Waals surface area contributed by atoms with Crippen molar-refractivity contribution < 1.29 is 33.8 Å². The lowest BCUT2D eigenvalue weighted by Gasteiger charge is -2.35. The van der Waals surface area contributed by atoms with Crippen molar-refractivity contribution in [2.45, 2.75) is 116 Å². The number of thiol groups is 1. The highest BCUT2D eigenvalue weighted by Gasteiger charge is 2.38. The number of carbonyl (C=O) groups excluding carboxylic acids is 4. The van der Waals surface area contributed by atoms with Crippen LogP contribution in [0.25, 0.3) is 0 Å². The smallest absolute Gasteiger partial charge is 0.408 e. The Bertz CT molecular complexity index is 1310. The second kappa shape index (κ2) is 18.6. The Kier molecular flexibility index (Phi) is 15.6. The summed E-state index contributed by atoms with van der Waals surface area (Å²) in [7, 11) is 0. The van der Waals surface area contributed by atoms with Crippen LogP contribution in [0.3, 0.4) is 0 Å². The zero-order chi connectivity index (χ0) is 35.2. The van der Waals surface area contributed by atoms with Crippen molar-refractivity contribution in [1.82, 2.24) is 15.5 Å². The van der Waals surface area contributed by atoms with Crippen molar-refractivity contribution in [3.05, 3.63) is 65.7 Å². The van der Waals surface area contributed by atoms with Gasteiger partial charge in [0.2, 0.25) is 11.8 Å². The molecule has 47 heavy (non-hydrogen) atoms. The number of unbranched alkanes of at least 4 members (excludes halogenated alkanes) is 4. The van der Waals surface area contributed by atoms with Gasteiger partial charge in [0.25, 0.3) is 0 Å². The number of hydrogen-bond donors (Lipinski definition) is 4. The molecular formula is C36H53N3O7S. The van der Waals surface area contributed by atoms with Gasteiger partial charge in [-0.3, -0.25) is 9.59 Å². The molecule has 0 aliphatic carbocycles. The van der Waals surface area contributed by atoms with E-state index in [1.807, 2.05) is 30.3 Å². The molecule has 3 N–H and O–H groups in total. The number of alkyl carbamates (subject to hydrolysis) is 1. The number of amides is 3. The molecule has 0 spiro atoms. The van der Waals surface area contributed by atoms with E-state index in [2.05, 4.69) is 30.2 Å². The summed E-state index contributed by atoms with van der Waals surface area (Å²) in [5.41, 5.74) is -0.470. The van der Waals surface area contributed by atoms with Gasteiger partial charge in [-0.15, -0.1) is 0 Å². The topological polar surface area (TPSA) is 134 Å². The molecular weight excluding hydrogens is 618 g/mol. The molecule has 0 aliphatic rings. The number of nitrogens with one attached hydrogen (secondary N) is 2. The number of benzene rings is 2. The fraction of sp³-hybridized carbons (Fsp3) is 0.556. The zero-order valence-corrected chi connectivity index (χ0v) is 29.8. The Morgan fingerprint density at radius 3 is 2.04 bits per heavy atom. The molecule has 0 saturated heterocycles. The molecule has 0 radical (unpaired) electrons. The molecule has 3 amide bonds. The monoisotopic (exact) mass is 671 g/mol. The third-order valence-corrected chi connectivity index (χ3v) is 7.36. The summed E-state index contributed by atoms with van der Waals surface area (Å²) in [6, 6.07) is 11.9. The lowest BCUT2D eigenvalue weighted by atomic mass is 10.00. The Labute approximate surface area is 285 Å². The van der Waals surface area contributed by atoms with Gasteiger partial charge in [0, 0.05) is 18.7 Å². The lowest BCUT2D eigenvalue weighted by molar-refractivity contribution is -0.159. The van der Waals surface area contributed by atoms with Crippen molar-refractivity contribution in [3.8, 4) is 5.75 Å². The van der Waals surface area contributed by atoms with Crippen molar-refractivity contribution in [2.24, 2.45) is 0 Å². The van der Waals surface area contributed by atoms with Crippen LogP contribution in [-0.4, -0.2) is 69.5 Å². The second-order valence-electron chi connectivity index (χ2n) is 13.6. The Balaban J connectivity index is 2.57. The van der Waals surface area contributed by atoms with E-state index in [-0.39, 0.29) is 24.5 Å². The van der Waals surface area contributed by atoms with Crippen molar-refractivity contribution in [1.29, 1.82) is 0 Å². The SMILES string of the molecule is CCCCCCCN(C(=O)C(CS)NC(=O)OC(C)(C)C)C(C(=O)NC(Cc1ccccc1)C(=O)OC(C)(C)C)c1cccc(O)c1. The van der Waals surface area contributed by atoms with E-state index in [0.717, 1.165) is 31.2 Å². The Morgan fingerprint density at radius 2 is 1.47 bits per heavy atom. The number of phenolic OH excluding ortho intramolecular Hbond substituents is 1. The van der Waals surface area contributed by atoms with Crippen molar-refractivity contribution >= 4 is 36.5 Å². The van der Waals surface area contributed by atoms with Crippen LogP contribution in [0, 0.1) is 0 Å². The molecule has 2 aromatic rings. The van der Waals surface area contributed by atoms with Crippen molar-refractivity contribution in [2.75, 3.05) is 12.3 Å². The van der Waals surface area contributed by atoms with Crippen LogP contribution in [0.15, 0.2) is 54.6 Å². The van der Waals surface area contributed by atoms with Gasteiger partial charge >= 0.3 is 12.1 Å². The summed E-state index contributed by atoms with van der Waals surface area (Å²) in [5, 5.41) is 15.9. The van der Waals surface area contributed by atoms with E-state index < -0.39 is 53.2 Å². The molecule has 3 unspecified atom stereocenters. The standard InChI is InChI=1S/C36H53N3O7S/c1-8-9-10-11-15-21-39(32(42)29(24-47)38-34(44)46-36(5,6)7)30(26-19-16-20-27(40)23-26)31(41)37-28(33(43)45-35(2,3)4)22-25-17-13-12-14-18-25/h12-14,16-20,23,28-30,40,47H,8-11,15,21-22,24H2,1-7H3,(H,37,41)(H,38,44). The predicted octanol–water partition coefficient (Wildman–Crippen LogP) is 6.12. The molecule has 11 heteroatoms. The maximum absolute atomic E-state index is 14.4. The van der Waals surface area contributed by atoms with Gasteiger partial charge in [-0.25, -0.2) is 9.59 Å². The third-order valence-electron chi connectivity index (χ3n) is 6.99. The summed E-state index contributed by atoms with van der Waals surface area (Å²) in [6.45, 7) is 12.7. The maximum atomic E-state index is 14.4. The van der Waals surface area contributed by atoms with Gasteiger partial charge in [0.15, 0.2) is 0 Å². The Morgan fingerprint density at radius 1 is 0.830 bits per heavy atom. The number of rotatable bonds is 16. The molecule has 10 nitrogen and oxygen atoms in total. The first-order valence-corrected chi connectivity index (χ1v) is 16.9. The molecule has 3 atom stereocenters. The molecule has 260 valence electrons. The van der Waals surface area contributed by atoms with Crippen LogP contribution >= 0.6 is 12.6 Å². The molecule has 0 aromatic heterocycles. The van der Waals surface area contributed by atoms with Crippen LogP contribution in [0.1, 0.15) is 97.7 Å². The van der Waals surface area contributed by atoms with Gasteiger partial charge in [-0.05, 0) is 71.2 Å². The van der Waals surface area contributed by atoms with Gasteiger partial charge in [-0.1, -0.05) is 75.1 Å². The minimum absolute atomic E-state index is 0.0622. The van der Waals surface area contributed by atoms with E-state index in [0.29, 0.717) is 12.0 Å². The van der Waals surface area contributed by atoms with Crippen molar-refractivity contribution in [3.63, 3.8) is 0 Å². The minimum Gasteiger partial charge on any atom is -0.508 e. The number of aromatic hydroxyl groups is 1. The summed E-state index contributed by atoms with van der Waals surface area (Å²) in [4.78, 5) is 56.2. The zero-order valence-electron chi connectivity index (χ0n) is 28.9. The van der Waals surface area contributed by atoms with Crippen LogP contribution in [-0.2, 0) is 30.3 Å². The molecule has 0 aliphatic heterocycles. The van der Waals surface area contributed by atoms with Gasteiger partial charge in [-0.2, -0.15) is 12.6 Å². The summed E-state index contributed by atoms with van der Waals surface area (Å²) < 4.78 is 11.1. The van der Waals surface area contributed by atoms with E-state index in [9.17, 15) is 24.3 Å². The quantitative estimate of drug-likeness (QED) is 0.0959. The van der Waals surface area contributed by atoms with Crippen LogP contribution < -0.4 is 10.6 Å². The number of esters is 1. The summed E-state index contributed by atoms with van der Waals surface area (Å²) in [5.74, 6) is -1.98. The molecule has 2 rings (SSSR count). The fourth-order valence-corrected chi connectivity index (χ4v) is 5.17. The van der Waals surface area contributed by atoms with Gasteiger partial charge in [0.1, 0.15) is 35.1 Å². The normalized spacial score (nSPS) is 13.5.